The molecule has 5 nitrogen and oxygen atoms in total. The molecule has 1 atom stereocenters. The van der Waals surface area contributed by atoms with Crippen LogP contribution in [0.15, 0.2) is 65.1 Å². The average Bonchev–Trinajstić information content (AvgIpc) is 3.17. The van der Waals surface area contributed by atoms with Crippen molar-refractivity contribution in [3.05, 3.63) is 72.0 Å². The van der Waals surface area contributed by atoms with Gasteiger partial charge in [0.25, 0.3) is 5.91 Å². The Morgan fingerprint density at radius 2 is 1.90 bits per heavy atom. The van der Waals surface area contributed by atoms with Crippen molar-refractivity contribution in [1.29, 1.82) is 0 Å². The van der Waals surface area contributed by atoms with Crippen molar-refractivity contribution in [2.75, 3.05) is 7.11 Å². The average molecular weight is 401 g/mol. The van der Waals surface area contributed by atoms with Crippen molar-refractivity contribution in [3.8, 4) is 11.5 Å². The minimum atomic E-state index is -0.415. The second-order valence-electron chi connectivity index (χ2n) is 8.30. The maximum atomic E-state index is 13.1. The number of ether oxygens (including phenoxy) is 2. The van der Waals surface area contributed by atoms with Crippen LogP contribution in [-0.2, 0) is 0 Å². The molecule has 5 rings (SSSR count). The van der Waals surface area contributed by atoms with E-state index in [4.69, 9.17) is 13.9 Å². The second-order valence-corrected chi connectivity index (χ2v) is 8.30. The fourth-order valence-electron chi connectivity index (χ4n) is 4.22. The molecule has 152 valence electrons. The Hall–Kier alpha value is -3.47. The summed E-state index contributed by atoms with van der Waals surface area (Å²) >= 11 is 0. The molecule has 4 aromatic rings. The highest BCUT2D eigenvalue weighted by Gasteiger charge is 2.35. The number of hydrogen-bond acceptors (Lipinski definition) is 4. The fourth-order valence-corrected chi connectivity index (χ4v) is 4.22. The molecule has 1 aliphatic heterocycles. The molecule has 0 fully saturated rings. The summed E-state index contributed by atoms with van der Waals surface area (Å²) in [6.07, 6.45) is 0.654. The molecule has 0 bridgehead atoms. The van der Waals surface area contributed by atoms with Crippen LogP contribution in [0.3, 0.4) is 0 Å². The Bertz CT molecular complexity index is 1270. The largest absolute Gasteiger partial charge is 0.497 e. The topological polar surface area (TPSA) is 60.7 Å². The van der Waals surface area contributed by atoms with Crippen LogP contribution in [0.25, 0.3) is 21.7 Å². The Balaban J connectivity index is 1.49. The van der Waals surface area contributed by atoms with Crippen molar-refractivity contribution in [2.24, 2.45) is 0 Å². The summed E-state index contributed by atoms with van der Waals surface area (Å²) in [5.41, 5.74) is 1.22. The van der Waals surface area contributed by atoms with Gasteiger partial charge < -0.3 is 19.2 Å². The van der Waals surface area contributed by atoms with Crippen LogP contribution in [0.4, 0.5) is 0 Å². The first-order valence-corrected chi connectivity index (χ1v) is 10.0. The highest BCUT2D eigenvalue weighted by molar-refractivity contribution is 6.08. The minimum absolute atomic E-state index is 0.188. The molecule has 5 heteroatoms. The predicted octanol–water partition coefficient (Wildman–Crippen LogP) is 5.63. The fraction of sp³-hybridized carbons (Fsp3) is 0.240. The van der Waals surface area contributed by atoms with Crippen LogP contribution in [0.5, 0.6) is 11.5 Å². The van der Waals surface area contributed by atoms with Gasteiger partial charge in [0.1, 0.15) is 22.7 Å². The first-order valence-electron chi connectivity index (χ1n) is 10.0. The van der Waals surface area contributed by atoms with Gasteiger partial charge >= 0.3 is 0 Å². The lowest BCUT2D eigenvalue weighted by molar-refractivity contribution is 0.0609. The summed E-state index contributed by atoms with van der Waals surface area (Å²) in [5, 5.41) is 6.27. The van der Waals surface area contributed by atoms with Gasteiger partial charge in [-0.05, 0) is 48.9 Å². The number of hydrogen-bond donors (Lipinski definition) is 1. The zero-order chi connectivity index (χ0) is 20.9. The Labute approximate surface area is 174 Å². The second kappa shape index (κ2) is 6.80. The molecule has 0 aliphatic carbocycles. The van der Waals surface area contributed by atoms with Crippen molar-refractivity contribution in [1.82, 2.24) is 5.32 Å². The van der Waals surface area contributed by atoms with E-state index >= 15 is 0 Å². The van der Waals surface area contributed by atoms with Gasteiger partial charge in [-0.15, -0.1) is 0 Å². The molecule has 1 N–H and O–H groups in total. The molecule has 3 aromatic carbocycles. The van der Waals surface area contributed by atoms with Crippen molar-refractivity contribution in [2.45, 2.75) is 31.9 Å². The third-order valence-electron chi connectivity index (χ3n) is 5.63. The number of benzene rings is 3. The smallest absolute Gasteiger partial charge is 0.287 e. The number of carbonyl (C=O) groups excluding carboxylic acids is 1. The van der Waals surface area contributed by atoms with E-state index in [0.29, 0.717) is 17.8 Å². The summed E-state index contributed by atoms with van der Waals surface area (Å²) in [6.45, 7) is 4.03. The molecule has 1 amide bonds. The maximum Gasteiger partial charge on any atom is 0.287 e. The number of methoxy groups -OCH3 is 1. The van der Waals surface area contributed by atoms with Gasteiger partial charge in [-0.25, -0.2) is 0 Å². The zero-order valence-corrected chi connectivity index (χ0v) is 17.2. The number of carbonyl (C=O) groups is 1. The maximum absolute atomic E-state index is 13.1. The van der Waals surface area contributed by atoms with Gasteiger partial charge in [-0.1, -0.05) is 30.3 Å². The number of furan rings is 1. The first-order chi connectivity index (χ1) is 14.4. The third kappa shape index (κ3) is 3.16. The summed E-state index contributed by atoms with van der Waals surface area (Å²) < 4.78 is 17.3. The molecular formula is C25H23NO4. The monoisotopic (exact) mass is 401 g/mol. The molecule has 0 spiro atoms. The normalized spacial score (nSPS) is 17.4. The van der Waals surface area contributed by atoms with Crippen LogP contribution in [0.2, 0.25) is 0 Å². The van der Waals surface area contributed by atoms with Gasteiger partial charge in [0.05, 0.1) is 13.2 Å². The first kappa shape index (κ1) is 18.6. The lowest BCUT2D eigenvalue weighted by atomic mass is 9.89. The highest BCUT2D eigenvalue weighted by atomic mass is 16.5. The molecule has 0 radical (unpaired) electrons. The summed E-state index contributed by atoms with van der Waals surface area (Å²) in [6, 6.07) is 19.3. The Kier molecular flexibility index (Phi) is 4.21. The zero-order valence-electron chi connectivity index (χ0n) is 17.2. The summed E-state index contributed by atoms with van der Waals surface area (Å²) in [7, 11) is 1.63. The van der Waals surface area contributed by atoms with Crippen molar-refractivity contribution in [3.63, 3.8) is 0 Å². The van der Waals surface area contributed by atoms with E-state index in [2.05, 4.69) is 11.4 Å². The molecule has 0 saturated heterocycles. The molecular weight excluding hydrogens is 378 g/mol. The van der Waals surface area contributed by atoms with Crippen LogP contribution in [0.1, 0.15) is 42.4 Å². The number of fused-ring (bicyclic) bond motifs is 4. The molecule has 1 aromatic heterocycles. The van der Waals surface area contributed by atoms with Crippen LogP contribution in [-0.4, -0.2) is 18.6 Å². The van der Waals surface area contributed by atoms with E-state index in [1.807, 2.05) is 68.4 Å². The lowest BCUT2D eigenvalue weighted by Crippen LogP contribution is -2.41. The number of rotatable bonds is 3. The Morgan fingerprint density at radius 1 is 1.07 bits per heavy atom. The van der Waals surface area contributed by atoms with E-state index in [0.717, 1.165) is 33.2 Å². The van der Waals surface area contributed by atoms with Gasteiger partial charge in [-0.3, -0.25) is 4.79 Å². The molecule has 2 heterocycles. The summed E-state index contributed by atoms with van der Waals surface area (Å²) in [4.78, 5) is 13.1. The minimum Gasteiger partial charge on any atom is -0.497 e. The van der Waals surface area contributed by atoms with Crippen LogP contribution < -0.4 is 14.8 Å². The van der Waals surface area contributed by atoms with E-state index in [1.54, 1.807) is 7.11 Å². The van der Waals surface area contributed by atoms with Gasteiger partial charge in [0.2, 0.25) is 0 Å². The van der Waals surface area contributed by atoms with E-state index in [-0.39, 0.29) is 11.9 Å². The quantitative estimate of drug-likeness (QED) is 0.483. The van der Waals surface area contributed by atoms with Gasteiger partial charge in [0, 0.05) is 23.4 Å². The standard InChI is InChI=1S/C25H23NO4/c1-25(2)14-20(18-10-9-16(28-3)12-22(18)30-25)26-24(27)23-13-19-17-7-5-4-6-15(17)8-11-21(19)29-23/h4-13,20H,14H2,1-3H3,(H,26,27)/t20-/m0/s1. The third-order valence-corrected chi connectivity index (χ3v) is 5.63. The van der Waals surface area contributed by atoms with Crippen molar-refractivity contribution >= 4 is 27.6 Å². The van der Waals surface area contributed by atoms with E-state index in [1.165, 1.54) is 0 Å². The van der Waals surface area contributed by atoms with E-state index < -0.39 is 5.60 Å². The number of amides is 1. The lowest BCUT2D eigenvalue weighted by Gasteiger charge is -2.37. The highest BCUT2D eigenvalue weighted by Crippen LogP contribution is 2.41. The number of nitrogens with one attached hydrogen (secondary N) is 1. The molecule has 0 unspecified atom stereocenters. The van der Waals surface area contributed by atoms with Gasteiger partial charge in [0.15, 0.2) is 5.76 Å². The Morgan fingerprint density at radius 3 is 2.73 bits per heavy atom. The van der Waals surface area contributed by atoms with Crippen LogP contribution in [0, 0.1) is 0 Å². The van der Waals surface area contributed by atoms with Gasteiger partial charge in [-0.2, -0.15) is 0 Å². The molecule has 0 saturated carbocycles. The van der Waals surface area contributed by atoms with E-state index in [9.17, 15) is 4.79 Å². The van der Waals surface area contributed by atoms with Crippen molar-refractivity contribution < 1.29 is 18.7 Å². The molecule has 1 aliphatic rings. The predicted molar refractivity (Wildman–Crippen MR) is 116 cm³/mol. The van der Waals surface area contributed by atoms with Crippen LogP contribution >= 0.6 is 0 Å². The summed E-state index contributed by atoms with van der Waals surface area (Å²) in [5.74, 6) is 1.52. The SMILES string of the molecule is COc1ccc2c(c1)OC(C)(C)C[C@@H]2NC(=O)c1cc2c(ccc3ccccc32)o1. The molecule has 30 heavy (non-hydrogen) atoms.